The summed E-state index contributed by atoms with van der Waals surface area (Å²) in [5.74, 6) is -0.854. The zero-order valence-corrected chi connectivity index (χ0v) is 24.6. The van der Waals surface area contributed by atoms with Crippen molar-refractivity contribution in [2.75, 3.05) is 10.8 Å². The van der Waals surface area contributed by atoms with Gasteiger partial charge >= 0.3 is 0 Å². The van der Waals surface area contributed by atoms with E-state index in [9.17, 15) is 18.0 Å². The van der Waals surface area contributed by atoms with E-state index >= 15 is 0 Å². The summed E-state index contributed by atoms with van der Waals surface area (Å²) >= 11 is 6.41. The Hall–Kier alpha value is -3.36. The molecule has 0 saturated carbocycles. The van der Waals surface area contributed by atoms with Crippen LogP contribution >= 0.6 is 11.6 Å². The van der Waals surface area contributed by atoms with Gasteiger partial charge in [-0.2, -0.15) is 0 Å². The van der Waals surface area contributed by atoms with Gasteiger partial charge in [0.05, 0.1) is 10.6 Å². The molecule has 3 rings (SSSR count). The van der Waals surface area contributed by atoms with Gasteiger partial charge in [0.1, 0.15) is 12.6 Å². The van der Waals surface area contributed by atoms with Gasteiger partial charge in [0.2, 0.25) is 11.8 Å². The number of anilines is 1. The molecular formula is C30H36ClN3O4S. The van der Waals surface area contributed by atoms with Crippen LogP contribution in [0.1, 0.15) is 43.9 Å². The monoisotopic (exact) mass is 569 g/mol. The Morgan fingerprint density at radius 2 is 1.56 bits per heavy atom. The normalized spacial score (nSPS) is 12.9. The molecule has 0 fully saturated rings. The second-order valence-electron chi connectivity index (χ2n) is 9.70. The molecule has 39 heavy (non-hydrogen) atoms. The number of halogens is 1. The predicted molar refractivity (Wildman–Crippen MR) is 156 cm³/mol. The van der Waals surface area contributed by atoms with Crippen LogP contribution in [-0.4, -0.2) is 43.8 Å². The maximum absolute atomic E-state index is 14.0. The van der Waals surface area contributed by atoms with Crippen molar-refractivity contribution in [1.82, 2.24) is 10.2 Å². The summed E-state index contributed by atoms with van der Waals surface area (Å²) in [6.07, 6.45) is 0.729. The zero-order chi connectivity index (χ0) is 28.7. The van der Waals surface area contributed by atoms with Crippen LogP contribution < -0.4 is 9.62 Å². The van der Waals surface area contributed by atoms with E-state index in [2.05, 4.69) is 5.32 Å². The van der Waals surface area contributed by atoms with Crippen LogP contribution in [0.2, 0.25) is 5.02 Å². The number of amides is 2. The number of benzene rings is 3. The molecular weight excluding hydrogens is 534 g/mol. The third kappa shape index (κ3) is 7.40. The van der Waals surface area contributed by atoms with Gasteiger partial charge in [-0.25, -0.2) is 8.42 Å². The highest BCUT2D eigenvalue weighted by Crippen LogP contribution is 2.27. The van der Waals surface area contributed by atoms with Crippen LogP contribution in [0.5, 0.6) is 0 Å². The number of aryl methyl sites for hydroxylation is 2. The van der Waals surface area contributed by atoms with Crippen molar-refractivity contribution in [2.24, 2.45) is 0 Å². The first-order chi connectivity index (χ1) is 18.4. The fraction of sp³-hybridized carbons (Fsp3) is 0.333. The molecule has 2 amide bonds. The predicted octanol–water partition coefficient (Wildman–Crippen LogP) is 5.48. The molecule has 0 aromatic heterocycles. The van der Waals surface area contributed by atoms with E-state index in [-0.39, 0.29) is 23.4 Å². The van der Waals surface area contributed by atoms with E-state index in [0.29, 0.717) is 16.3 Å². The molecule has 0 unspecified atom stereocenters. The highest BCUT2D eigenvalue weighted by molar-refractivity contribution is 7.92. The van der Waals surface area contributed by atoms with E-state index in [0.717, 1.165) is 21.9 Å². The first-order valence-electron chi connectivity index (χ1n) is 12.9. The van der Waals surface area contributed by atoms with Gasteiger partial charge in [-0.15, -0.1) is 0 Å². The molecule has 208 valence electrons. The second-order valence-corrected chi connectivity index (χ2v) is 12.0. The first kappa shape index (κ1) is 30.2. The Morgan fingerprint density at radius 3 is 2.18 bits per heavy atom. The van der Waals surface area contributed by atoms with Crippen molar-refractivity contribution >= 4 is 39.1 Å². The fourth-order valence-electron chi connectivity index (χ4n) is 3.99. The second kappa shape index (κ2) is 13.1. The largest absolute Gasteiger partial charge is 0.352 e. The number of rotatable bonds is 11. The van der Waals surface area contributed by atoms with Crippen LogP contribution in [0.15, 0.2) is 77.7 Å². The minimum absolute atomic E-state index is 0.0414. The summed E-state index contributed by atoms with van der Waals surface area (Å²) in [6, 6.07) is 19.4. The number of hydrogen-bond donors (Lipinski definition) is 1. The van der Waals surface area contributed by atoms with Crippen molar-refractivity contribution < 1.29 is 18.0 Å². The minimum Gasteiger partial charge on any atom is -0.352 e. The lowest BCUT2D eigenvalue weighted by Gasteiger charge is -2.32. The van der Waals surface area contributed by atoms with Gasteiger partial charge in [0, 0.05) is 17.6 Å². The molecule has 9 heteroatoms. The molecule has 0 radical (unpaired) electrons. The Kier molecular flexibility index (Phi) is 10.2. The van der Waals surface area contributed by atoms with E-state index < -0.39 is 28.5 Å². The molecule has 0 aliphatic carbocycles. The molecule has 0 heterocycles. The first-order valence-corrected chi connectivity index (χ1v) is 14.8. The van der Waals surface area contributed by atoms with E-state index in [1.165, 1.54) is 17.0 Å². The molecule has 0 bridgehead atoms. The molecule has 2 atom stereocenters. The number of hydrogen-bond acceptors (Lipinski definition) is 4. The average molecular weight is 570 g/mol. The molecule has 0 saturated heterocycles. The maximum Gasteiger partial charge on any atom is 0.264 e. The van der Waals surface area contributed by atoms with Gasteiger partial charge in [-0.1, -0.05) is 61.0 Å². The Bertz CT molecular complexity index is 1410. The molecule has 3 aromatic rings. The standard InChI is InChI=1S/C30H36ClN3O4S/c1-6-23(4)32-30(36)24(5)33(19-25-12-10-11-15-28(25)31)29(35)20-34(26-17-16-21(2)22(3)18-26)39(37,38)27-13-8-7-9-14-27/h7-18,23-24H,6,19-20H2,1-5H3,(H,32,36)/t23-,24+/m1/s1. The summed E-state index contributed by atoms with van der Waals surface area (Å²) < 4.78 is 28.8. The van der Waals surface area contributed by atoms with E-state index in [4.69, 9.17) is 11.6 Å². The number of carbonyl (C=O) groups excluding carboxylic acids is 2. The van der Waals surface area contributed by atoms with Crippen molar-refractivity contribution in [1.29, 1.82) is 0 Å². The Balaban J connectivity index is 2.05. The fourth-order valence-corrected chi connectivity index (χ4v) is 5.61. The third-order valence-corrected chi connectivity index (χ3v) is 9.01. The summed E-state index contributed by atoms with van der Waals surface area (Å²) in [5.41, 5.74) is 2.91. The third-order valence-electron chi connectivity index (χ3n) is 6.86. The number of nitrogens with one attached hydrogen (secondary N) is 1. The van der Waals surface area contributed by atoms with Crippen LogP contribution in [0.4, 0.5) is 5.69 Å². The van der Waals surface area contributed by atoms with Crippen molar-refractivity contribution in [3.05, 3.63) is 94.5 Å². The van der Waals surface area contributed by atoms with Crippen molar-refractivity contribution in [2.45, 2.75) is 64.6 Å². The highest BCUT2D eigenvalue weighted by atomic mass is 35.5. The number of sulfonamides is 1. The lowest BCUT2D eigenvalue weighted by atomic mass is 10.1. The summed E-state index contributed by atoms with van der Waals surface area (Å²) in [6.45, 7) is 8.85. The number of carbonyl (C=O) groups is 2. The zero-order valence-electron chi connectivity index (χ0n) is 23.0. The minimum atomic E-state index is -4.10. The van der Waals surface area contributed by atoms with Crippen LogP contribution in [0, 0.1) is 13.8 Å². The summed E-state index contributed by atoms with van der Waals surface area (Å²) in [5, 5.41) is 3.37. The van der Waals surface area contributed by atoms with E-state index in [1.807, 2.05) is 33.8 Å². The smallest absolute Gasteiger partial charge is 0.264 e. The molecule has 0 aliphatic rings. The highest BCUT2D eigenvalue weighted by Gasteiger charge is 2.33. The Labute approximate surface area is 236 Å². The van der Waals surface area contributed by atoms with Gasteiger partial charge in [0.25, 0.3) is 10.0 Å². The van der Waals surface area contributed by atoms with Gasteiger partial charge in [0.15, 0.2) is 0 Å². The lowest BCUT2D eigenvalue weighted by molar-refractivity contribution is -0.139. The van der Waals surface area contributed by atoms with Crippen LogP contribution in [0.25, 0.3) is 0 Å². The Morgan fingerprint density at radius 1 is 0.923 bits per heavy atom. The summed E-state index contributed by atoms with van der Waals surface area (Å²) in [4.78, 5) is 28.5. The van der Waals surface area contributed by atoms with Gasteiger partial charge < -0.3 is 10.2 Å². The van der Waals surface area contributed by atoms with E-state index in [1.54, 1.807) is 61.5 Å². The van der Waals surface area contributed by atoms with Gasteiger partial charge in [-0.3, -0.25) is 13.9 Å². The lowest BCUT2D eigenvalue weighted by Crippen LogP contribution is -2.52. The van der Waals surface area contributed by atoms with Crippen molar-refractivity contribution in [3.8, 4) is 0 Å². The molecule has 1 N–H and O–H groups in total. The molecule has 3 aromatic carbocycles. The molecule has 0 aliphatic heterocycles. The number of nitrogens with zero attached hydrogens (tertiary/aromatic N) is 2. The summed E-state index contributed by atoms with van der Waals surface area (Å²) in [7, 11) is -4.10. The molecule has 0 spiro atoms. The SMILES string of the molecule is CC[C@@H](C)NC(=O)[C@H](C)N(Cc1ccccc1Cl)C(=O)CN(c1ccc(C)c(C)c1)S(=O)(=O)c1ccccc1. The topological polar surface area (TPSA) is 86.8 Å². The quantitative estimate of drug-likeness (QED) is 0.331. The average Bonchev–Trinajstić information content (AvgIpc) is 2.92. The van der Waals surface area contributed by atoms with Gasteiger partial charge in [-0.05, 0) is 81.1 Å². The van der Waals surface area contributed by atoms with Crippen LogP contribution in [-0.2, 0) is 26.2 Å². The maximum atomic E-state index is 14.0. The van der Waals surface area contributed by atoms with Crippen LogP contribution in [0.3, 0.4) is 0 Å². The molecule has 7 nitrogen and oxygen atoms in total. The van der Waals surface area contributed by atoms with Crippen molar-refractivity contribution in [3.63, 3.8) is 0 Å².